The maximum Gasteiger partial charge on any atom is 0.0731 e. The first-order valence-corrected chi connectivity index (χ1v) is 7.13. The van der Waals surface area contributed by atoms with Gasteiger partial charge in [0.05, 0.1) is 6.04 Å². The summed E-state index contributed by atoms with van der Waals surface area (Å²) < 4.78 is 0.940. The van der Waals surface area contributed by atoms with E-state index in [-0.39, 0.29) is 6.04 Å². The molecular weight excluding hydrogens is 314 g/mol. The van der Waals surface area contributed by atoms with E-state index in [1.807, 2.05) is 30.5 Å². The molecule has 0 aliphatic carbocycles. The number of hydrogen-bond donors (Lipinski definition) is 2. The summed E-state index contributed by atoms with van der Waals surface area (Å²) in [5.74, 6) is 5.78. The van der Waals surface area contributed by atoms with Crippen molar-refractivity contribution in [2.45, 2.75) is 6.04 Å². The second-order valence-corrected chi connectivity index (χ2v) is 5.52. The lowest BCUT2D eigenvalue weighted by atomic mass is 9.95. The van der Waals surface area contributed by atoms with Crippen molar-refractivity contribution in [2.75, 3.05) is 0 Å². The summed E-state index contributed by atoms with van der Waals surface area (Å²) in [6.45, 7) is 0. The van der Waals surface area contributed by atoms with Gasteiger partial charge in [0.1, 0.15) is 0 Å². The fourth-order valence-corrected chi connectivity index (χ4v) is 2.84. The van der Waals surface area contributed by atoms with Gasteiger partial charge in [0, 0.05) is 16.9 Å². The van der Waals surface area contributed by atoms with Gasteiger partial charge in [0.25, 0.3) is 0 Å². The third-order valence-electron chi connectivity index (χ3n) is 3.36. The zero-order valence-electron chi connectivity index (χ0n) is 10.8. The molecule has 1 aromatic heterocycles. The smallest absolute Gasteiger partial charge is 0.0731 e. The Hall–Kier alpha value is -1.75. The zero-order chi connectivity index (χ0) is 13.9. The van der Waals surface area contributed by atoms with Crippen LogP contribution in [-0.2, 0) is 0 Å². The number of nitrogens with one attached hydrogen (secondary N) is 1. The van der Waals surface area contributed by atoms with E-state index < -0.39 is 0 Å². The number of halogens is 1. The van der Waals surface area contributed by atoms with E-state index in [2.05, 4.69) is 50.6 Å². The first-order valence-electron chi connectivity index (χ1n) is 6.34. The molecule has 3 N–H and O–H groups in total. The number of aromatic nitrogens is 1. The quantitative estimate of drug-likeness (QED) is 0.571. The van der Waals surface area contributed by atoms with Crippen LogP contribution in [0, 0.1) is 0 Å². The van der Waals surface area contributed by atoms with Crippen LogP contribution >= 0.6 is 15.9 Å². The Morgan fingerprint density at radius 3 is 2.65 bits per heavy atom. The first kappa shape index (κ1) is 13.2. The average molecular weight is 328 g/mol. The molecule has 0 radical (unpaired) electrons. The number of benzene rings is 2. The van der Waals surface area contributed by atoms with E-state index in [0.29, 0.717) is 0 Å². The highest BCUT2D eigenvalue weighted by molar-refractivity contribution is 9.10. The Kier molecular flexibility index (Phi) is 3.78. The molecule has 3 nitrogen and oxygen atoms in total. The summed E-state index contributed by atoms with van der Waals surface area (Å²) in [5, 5.41) is 2.39. The largest absolute Gasteiger partial charge is 0.271 e. The minimum Gasteiger partial charge on any atom is -0.271 e. The predicted molar refractivity (Wildman–Crippen MR) is 85.1 cm³/mol. The van der Waals surface area contributed by atoms with Crippen LogP contribution in [0.3, 0.4) is 0 Å². The van der Waals surface area contributed by atoms with E-state index >= 15 is 0 Å². The van der Waals surface area contributed by atoms with Crippen LogP contribution in [0.5, 0.6) is 0 Å². The van der Waals surface area contributed by atoms with Gasteiger partial charge in [0.15, 0.2) is 0 Å². The Morgan fingerprint density at radius 1 is 1.05 bits per heavy atom. The van der Waals surface area contributed by atoms with E-state index in [4.69, 9.17) is 5.84 Å². The Balaban J connectivity index is 2.17. The highest BCUT2D eigenvalue weighted by atomic mass is 79.9. The molecule has 2 aromatic carbocycles. The topological polar surface area (TPSA) is 50.9 Å². The Bertz CT molecular complexity index is 737. The van der Waals surface area contributed by atoms with Crippen molar-refractivity contribution in [3.63, 3.8) is 0 Å². The number of hydrazine groups is 1. The van der Waals surface area contributed by atoms with Crippen molar-refractivity contribution in [2.24, 2.45) is 5.84 Å². The molecule has 4 heteroatoms. The summed E-state index contributed by atoms with van der Waals surface area (Å²) in [4.78, 5) is 4.22. The molecule has 0 amide bonds. The van der Waals surface area contributed by atoms with Gasteiger partial charge in [-0.25, -0.2) is 5.43 Å². The second kappa shape index (κ2) is 5.71. The van der Waals surface area contributed by atoms with Crippen molar-refractivity contribution >= 4 is 26.7 Å². The number of fused-ring (bicyclic) bond motifs is 1. The maximum atomic E-state index is 5.78. The van der Waals surface area contributed by atoms with Crippen LogP contribution in [0.4, 0.5) is 0 Å². The molecule has 0 spiro atoms. The maximum absolute atomic E-state index is 5.78. The van der Waals surface area contributed by atoms with Gasteiger partial charge in [0.2, 0.25) is 0 Å². The molecule has 3 rings (SSSR count). The van der Waals surface area contributed by atoms with Crippen molar-refractivity contribution in [3.05, 3.63) is 76.5 Å². The number of pyridine rings is 1. The fourth-order valence-electron chi connectivity index (χ4n) is 2.45. The Labute approximate surface area is 125 Å². The van der Waals surface area contributed by atoms with Crippen LogP contribution in [0.15, 0.2) is 65.4 Å². The molecular formula is C16H14BrN3. The zero-order valence-corrected chi connectivity index (χ0v) is 12.3. The summed E-state index contributed by atoms with van der Waals surface area (Å²) in [6.07, 6.45) is 3.59. The highest BCUT2D eigenvalue weighted by Gasteiger charge is 2.15. The minimum absolute atomic E-state index is 0.0916. The standard InChI is InChI=1S/C16H14BrN3/c17-13-8-12(9-19-10-13)16(20-18)15-7-3-5-11-4-1-2-6-14(11)15/h1-10,16,20H,18H2. The lowest BCUT2D eigenvalue weighted by Gasteiger charge is -2.18. The summed E-state index contributed by atoms with van der Waals surface area (Å²) in [7, 11) is 0. The molecule has 3 aromatic rings. The van der Waals surface area contributed by atoms with Gasteiger partial charge < -0.3 is 0 Å². The summed E-state index contributed by atoms with van der Waals surface area (Å²) >= 11 is 3.45. The van der Waals surface area contributed by atoms with Crippen LogP contribution < -0.4 is 11.3 Å². The lowest BCUT2D eigenvalue weighted by Crippen LogP contribution is -2.29. The normalized spacial score (nSPS) is 12.5. The molecule has 0 fully saturated rings. The highest BCUT2D eigenvalue weighted by Crippen LogP contribution is 2.29. The van der Waals surface area contributed by atoms with Gasteiger partial charge in [-0.3, -0.25) is 10.8 Å². The van der Waals surface area contributed by atoms with Crippen molar-refractivity contribution in [1.82, 2.24) is 10.4 Å². The minimum atomic E-state index is -0.0916. The molecule has 0 bridgehead atoms. The molecule has 100 valence electrons. The van der Waals surface area contributed by atoms with Crippen LogP contribution in [0.2, 0.25) is 0 Å². The molecule has 0 saturated heterocycles. The molecule has 20 heavy (non-hydrogen) atoms. The third-order valence-corrected chi connectivity index (χ3v) is 3.79. The van der Waals surface area contributed by atoms with E-state index in [1.165, 1.54) is 10.8 Å². The number of nitrogens with two attached hydrogens (primary N) is 1. The molecule has 0 aliphatic rings. The van der Waals surface area contributed by atoms with Gasteiger partial charge in [-0.2, -0.15) is 0 Å². The predicted octanol–water partition coefficient (Wildman–Crippen LogP) is 3.55. The fraction of sp³-hybridized carbons (Fsp3) is 0.0625. The summed E-state index contributed by atoms with van der Waals surface area (Å²) in [6, 6.07) is 16.5. The van der Waals surface area contributed by atoms with E-state index in [9.17, 15) is 0 Å². The van der Waals surface area contributed by atoms with Crippen LogP contribution in [0.25, 0.3) is 10.8 Å². The van der Waals surface area contributed by atoms with Gasteiger partial charge >= 0.3 is 0 Å². The van der Waals surface area contributed by atoms with Crippen molar-refractivity contribution < 1.29 is 0 Å². The van der Waals surface area contributed by atoms with Gasteiger partial charge in [-0.05, 0) is 43.9 Å². The van der Waals surface area contributed by atoms with Crippen LogP contribution in [0.1, 0.15) is 17.2 Å². The SMILES string of the molecule is NNC(c1cncc(Br)c1)c1cccc2ccccc12. The molecule has 0 aliphatic heterocycles. The lowest BCUT2D eigenvalue weighted by molar-refractivity contribution is 0.638. The average Bonchev–Trinajstić information content (AvgIpc) is 2.48. The van der Waals surface area contributed by atoms with E-state index in [0.717, 1.165) is 15.6 Å². The molecule has 0 saturated carbocycles. The monoisotopic (exact) mass is 327 g/mol. The summed E-state index contributed by atoms with van der Waals surface area (Å²) in [5.41, 5.74) is 5.06. The third kappa shape index (κ3) is 2.45. The second-order valence-electron chi connectivity index (χ2n) is 4.60. The van der Waals surface area contributed by atoms with Gasteiger partial charge in [-0.15, -0.1) is 0 Å². The molecule has 1 heterocycles. The Morgan fingerprint density at radius 2 is 1.85 bits per heavy atom. The number of rotatable bonds is 3. The number of nitrogens with zero attached hydrogens (tertiary/aromatic N) is 1. The van der Waals surface area contributed by atoms with Crippen molar-refractivity contribution in [3.8, 4) is 0 Å². The van der Waals surface area contributed by atoms with E-state index in [1.54, 1.807) is 6.20 Å². The molecule has 1 unspecified atom stereocenters. The van der Waals surface area contributed by atoms with Crippen LogP contribution in [-0.4, -0.2) is 4.98 Å². The molecule has 1 atom stereocenters. The first-order chi connectivity index (χ1) is 9.79. The van der Waals surface area contributed by atoms with Gasteiger partial charge in [-0.1, -0.05) is 42.5 Å². The number of hydrogen-bond acceptors (Lipinski definition) is 3. The van der Waals surface area contributed by atoms with Crippen molar-refractivity contribution in [1.29, 1.82) is 0 Å².